The van der Waals surface area contributed by atoms with Crippen molar-refractivity contribution in [2.45, 2.75) is 45.3 Å². The second-order valence-corrected chi connectivity index (χ2v) is 8.00. The third kappa shape index (κ3) is 4.70. The first-order chi connectivity index (χ1) is 12.1. The number of benzene rings is 1. The number of halogens is 3. The van der Waals surface area contributed by atoms with Gasteiger partial charge in [-0.1, -0.05) is 35.3 Å². The van der Waals surface area contributed by atoms with Crippen molar-refractivity contribution in [2.24, 2.45) is 0 Å². The molecule has 2 rings (SSSR count). The van der Waals surface area contributed by atoms with E-state index in [1.807, 2.05) is 27.7 Å². The number of rotatable bonds is 7. The van der Waals surface area contributed by atoms with Gasteiger partial charge >= 0.3 is 7.12 Å². The Hall–Kier alpha value is -0.845. The molecule has 1 fully saturated rings. The Morgan fingerprint density at radius 2 is 1.85 bits per heavy atom. The van der Waals surface area contributed by atoms with E-state index in [0.29, 0.717) is 40.8 Å². The van der Waals surface area contributed by atoms with E-state index in [9.17, 15) is 0 Å². The molecule has 0 amide bonds. The molecule has 0 atom stereocenters. The summed E-state index contributed by atoms with van der Waals surface area (Å²) in [5.74, 6) is 0. The summed E-state index contributed by atoms with van der Waals surface area (Å²) in [7, 11) is -1.10. The van der Waals surface area contributed by atoms with Gasteiger partial charge in [-0.3, -0.25) is 0 Å². The van der Waals surface area contributed by atoms with Crippen LogP contribution < -0.4 is 0 Å². The van der Waals surface area contributed by atoms with Crippen LogP contribution in [0.15, 0.2) is 36.6 Å². The molecule has 1 saturated heterocycles. The Morgan fingerprint density at radius 1 is 1.23 bits per heavy atom. The average molecular weight is 401 g/mol. The molecule has 0 unspecified atom stereocenters. The summed E-state index contributed by atoms with van der Waals surface area (Å²) in [6.07, 6.45) is 1.95. The van der Waals surface area contributed by atoms with Crippen molar-refractivity contribution < 1.29 is 18.4 Å². The van der Waals surface area contributed by atoms with Crippen LogP contribution in [0.5, 0.6) is 0 Å². The molecular formula is C19H24BCl2FO3. The van der Waals surface area contributed by atoms with E-state index in [0.717, 1.165) is 0 Å². The third-order valence-corrected chi connectivity index (χ3v) is 5.28. The van der Waals surface area contributed by atoms with E-state index in [2.05, 4.69) is 6.58 Å². The minimum Gasteiger partial charge on any atom is -0.398 e. The molecule has 1 aromatic carbocycles. The first-order valence-electron chi connectivity index (χ1n) is 8.47. The standard InChI is InChI=1S/C19H24BCl2FO3/c1-6-10-24-11-9-15(14-8-7-13(21)12-16(14)22)17(23)20-25-18(2,3)19(4,5)26-20/h6-8,12H,1,9-11H2,2-5H3. The van der Waals surface area contributed by atoms with Gasteiger partial charge in [0.05, 0.1) is 24.4 Å². The summed E-state index contributed by atoms with van der Waals surface area (Å²) < 4.78 is 32.5. The molecule has 1 aliphatic rings. The third-order valence-electron chi connectivity index (χ3n) is 4.74. The molecule has 0 N–H and O–H groups in total. The molecular weight excluding hydrogens is 377 g/mol. The van der Waals surface area contributed by atoms with Crippen LogP contribution in [0.4, 0.5) is 4.39 Å². The van der Waals surface area contributed by atoms with Crippen molar-refractivity contribution >= 4 is 35.9 Å². The summed E-state index contributed by atoms with van der Waals surface area (Å²) in [5, 5.41) is 0.847. The highest BCUT2D eigenvalue weighted by Crippen LogP contribution is 2.41. The van der Waals surface area contributed by atoms with Gasteiger partial charge in [-0.15, -0.1) is 6.58 Å². The van der Waals surface area contributed by atoms with Crippen molar-refractivity contribution in [1.82, 2.24) is 0 Å². The minimum atomic E-state index is -1.10. The minimum absolute atomic E-state index is 0.311. The Kier molecular flexibility index (Phi) is 6.97. The van der Waals surface area contributed by atoms with Crippen LogP contribution in [0.25, 0.3) is 5.57 Å². The zero-order valence-corrected chi connectivity index (χ0v) is 17.1. The van der Waals surface area contributed by atoms with Crippen LogP contribution >= 0.6 is 23.2 Å². The molecule has 0 spiro atoms. The molecule has 0 bridgehead atoms. The second kappa shape index (κ2) is 8.45. The summed E-state index contributed by atoms with van der Waals surface area (Å²) in [6, 6.07) is 4.95. The quantitative estimate of drug-likeness (QED) is 0.324. The lowest BCUT2D eigenvalue weighted by Crippen LogP contribution is -2.41. The highest BCUT2D eigenvalue weighted by Gasteiger charge is 2.53. The first kappa shape index (κ1) is 21.5. The van der Waals surface area contributed by atoms with Crippen LogP contribution in [0.1, 0.15) is 39.7 Å². The van der Waals surface area contributed by atoms with Gasteiger partial charge in [-0.05, 0) is 57.4 Å². The lowest BCUT2D eigenvalue weighted by Gasteiger charge is -2.32. The fourth-order valence-electron chi connectivity index (χ4n) is 2.55. The highest BCUT2D eigenvalue weighted by molar-refractivity contribution is 6.55. The Labute approximate surface area is 165 Å². The maximum Gasteiger partial charge on any atom is 0.525 e. The number of hydrogen-bond acceptors (Lipinski definition) is 3. The van der Waals surface area contributed by atoms with Crippen molar-refractivity contribution in [3.63, 3.8) is 0 Å². The maximum atomic E-state index is 15.4. The Bertz CT molecular complexity index is 688. The average Bonchev–Trinajstić information content (AvgIpc) is 2.76. The Balaban J connectivity index is 2.38. The molecule has 7 heteroatoms. The van der Waals surface area contributed by atoms with Crippen molar-refractivity contribution in [3.8, 4) is 0 Å². The number of hydrogen-bond donors (Lipinski definition) is 0. The molecule has 1 aromatic rings. The molecule has 0 aliphatic carbocycles. The van der Waals surface area contributed by atoms with E-state index in [-0.39, 0.29) is 0 Å². The van der Waals surface area contributed by atoms with E-state index >= 15 is 4.39 Å². The monoisotopic (exact) mass is 400 g/mol. The fourth-order valence-corrected chi connectivity index (χ4v) is 3.07. The molecule has 0 radical (unpaired) electrons. The number of ether oxygens (including phenoxy) is 1. The van der Waals surface area contributed by atoms with Crippen LogP contribution in [-0.2, 0) is 14.0 Å². The summed E-state index contributed by atoms with van der Waals surface area (Å²) in [6.45, 7) is 11.8. The second-order valence-electron chi connectivity index (χ2n) is 7.15. The van der Waals surface area contributed by atoms with Gasteiger partial charge < -0.3 is 14.0 Å². The summed E-state index contributed by atoms with van der Waals surface area (Å²) in [4.78, 5) is 0. The van der Waals surface area contributed by atoms with Crippen LogP contribution in [0, 0.1) is 0 Å². The van der Waals surface area contributed by atoms with Crippen LogP contribution in [-0.4, -0.2) is 31.5 Å². The Morgan fingerprint density at radius 3 is 2.38 bits per heavy atom. The largest absolute Gasteiger partial charge is 0.525 e. The zero-order valence-electron chi connectivity index (χ0n) is 15.6. The van der Waals surface area contributed by atoms with Crippen molar-refractivity contribution in [1.29, 1.82) is 0 Å². The molecule has 26 heavy (non-hydrogen) atoms. The maximum absolute atomic E-state index is 15.4. The first-order valence-corrected chi connectivity index (χ1v) is 9.23. The predicted molar refractivity (Wildman–Crippen MR) is 106 cm³/mol. The van der Waals surface area contributed by atoms with Gasteiger partial charge in [-0.25, -0.2) is 4.39 Å². The molecule has 0 aromatic heterocycles. The van der Waals surface area contributed by atoms with Crippen molar-refractivity contribution in [3.05, 3.63) is 52.2 Å². The van der Waals surface area contributed by atoms with Gasteiger partial charge in [-0.2, -0.15) is 0 Å². The topological polar surface area (TPSA) is 27.7 Å². The molecule has 1 heterocycles. The van der Waals surface area contributed by atoms with Gasteiger partial charge in [0.25, 0.3) is 0 Å². The van der Waals surface area contributed by atoms with Crippen molar-refractivity contribution in [2.75, 3.05) is 13.2 Å². The van der Waals surface area contributed by atoms with E-state index in [1.54, 1.807) is 24.3 Å². The molecule has 0 saturated carbocycles. The lowest BCUT2D eigenvalue weighted by molar-refractivity contribution is 0.00578. The van der Waals surface area contributed by atoms with E-state index in [1.165, 1.54) is 0 Å². The highest BCUT2D eigenvalue weighted by atomic mass is 35.5. The molecule has 142 valence electrons. The normalized spacial score (nSPS) is 19.4. The zero-order chi connectivity index (χ0) is 19.5. The van der Waals surface area contributed by atoms with Gasteiger partial charge in [0.1, 0.15) is 5.73 Å². The van der Waals surface area contributed by atoms with E-state index < -0.39 is 24.0 Å². The lowest BCUT2D eigenvalue weighted by atomic mass is 9.82. The molecule has 3 nitrogen and oxygen atoms in total. The predicted octanol–water partition coefficient (Wildman–Crippen LogP) is 5.90. The van der Waals surface area contributed by atoms with E-state index in [4.69, 9.17) is 37.2 Å². The summed E-state index contributed by atoms with van der Waals surface area (Å²) >= 11 is 12.3. The van der Waals surface area contributed by atoms with Gasteiger partial charge in [0.15, 0.2) is 0 Å². The fraction of sp³-hybridized carbons (Fsp3) is 0.474. The summed E-state index contributed by atoms with van der Waals surface area (Å²) in [5.41, 5.74) is -0.846. The SMILES string of the molecule is C=CCOCCC(=C(F)B1OC(C)(C)C(C)(C)O1)c1ccc(Cl)cc1Cl. The van der Waals surface area contributed by atoms with Crippen LogP contribution in [0.2, 0.25) is 10.0 Å². The van der Waals surface area contributed by atoms with Gasteiger partial charge in [0, 0.05) is 10.0 Å². The molecule has 1 aliphatic heterocycles. The van der Waals surface area contributed by atoms with Gasteiger partial charge in [0.2, 0.25) is 0 Å². The van der Waals surface area contributed by atoms with Crippen LogP contribution in [0.3, 0.4) is 0 Å². The smallest absolute Gasteiger partial charge is 0.398 e.